The molecule has 0 aliphatic rings. The summed E-state index contributed by atoms with van der Waals surface area (Å²) in [4.78, 5) is -0.758. The van der Waals surface area contributed by atoms with E-state index in [2.05, 4.69) is 19.6 Å². The van der Waals surface area contributed by atoms with Crippen LogP contribution in [-0.4, -0.2) is 10.0 Å². The fourth-order valence-electron chi connectivity index (χ4n) is 1.06. The van der Waals surface area contributed by atoms with Gasteiger partial charge in [-0.15, -0.1) is 12.6 Å². The van der Waals surface area contributed by atoms with Gasteiger partial charge >= 0.3 is 0 Å². The molecular formula is C9H20OS. The van der Waals surface area contributed by atoms with E-state index in [0.29, 0.717) is 0 Å². The van der Waals surface area contributed by atoms with Crippen LogP contribution >= 0.6 is 12.6 Å². The van der Waals surface area contributed by atoms with E-state index < -0.39 is 4.93 Å². The minimum absolute atomic E-state index is 0.758. The van der Waals surface area contributed by atoms with Gasteiger partial charge in [0.1, 0.15) is 4.93 Å². The SMILES string of the molecule is CCCCCCCC(C)(O)S. The van der Waals surface area contributed by atoms with Crippen molar-refractivity contribution in [2.75, 3.05) is 0 Å². The average molecular weight is 176 g/mol. The van der Waals surface area contributed by atoms with Crippen molar-refractivity contribution in [2.24, 2.45) is 0 Å². The molecule has 0 fully saturated rings. The monoisotopic (exact) mass is 176 g/mol. The van der Waals surface area contributed by atoms with Crippen LogP contribution in [0.3, 0.4) is 0 Å². The summed E-state index contributed by atoms with van der Waals surface area (Å²) in [7, 11) is 0. The molecule has 0 aromatic carbocycles. The van der Waals surface area contributed by atoms with E-state index in [1.807, 2.05) is 0 Å². The van der Waals surface area contributed by atoms with Crippen LogP contribution in [0.5, 0.6) is 0 Å². The summed E-state index contributed by atoms with van der Waals surface area (Å²) in [5, 5.41) is 9.24. The van der Waals surface area contributed by atoms with Gasteiger partial charge in [0, 0.05) is 0 Å². The van der Waals surface area contributed by atoms with Crippen LogP contribution in [0, 0.1) is 0 Å². The van der Waals surface area contributed by atoms with E-state index >= 15 is 0 Å². The summed E-state index contributed by atoms with van der Waals surface area (Å²) in [6, 6.07) is 0. The molecule has 1 N–H and O–H groups in total. The van der Waals surface area contributed by atoms with Crippen molar-refractivity contribution in [1.29, 1.82) is 0 Å². The Kier molecular flexibility index (Phi) is 6.06. The zero-order valence-corrected chi connectivity index (χ0v) is 8.53. The van der Waals surface area contributed by atoms with E-state index in [4.69, 9.17) is 0 Å². The standard InChI is InChI=1S/C9H20OS/c1-3-4-5-6-7-8-9(2,10)11/h10-11H,3-8H2,1-2H3. The molecule has 0 heterocycles. The Morgan fingerprint density at radius 1 is 1.18 bits per heavy atom. The quantitative estimate of drug-likeness (QED) is 0.362. The summed E-state index contributed by atoms with van der Waals surface area (Å²) < 4.78 is 0. The number of hydrogen-bond acceptors (Lipinski definition) is 2. The molecule has 2 heteroatoms. The third-order valence-electron chi connectivity index (χ3n) is 1.75. The third kappa shape index (κ3) is 10.3. The van der Waals surface area contributed by atoms with Crippen molar-refractivity contribution in [2.45, 2.75) is 57.3 Å². The van der Waals surface area contributed by atoms with Gasteiger partial charge in [0.05, 0.1) is 0 Å². The largest absolute Gasteiger partial charge is 0.380 e. The first-order chi connectivity index (χ1) is 5.06. The zero-order valence-electron chi connectivity index (χ0n) is 7.64. The fourth-order valence-corrected chi connectivity index (χ4v) is 1.22. The molecule has 0 saturated heterocycles. The van der Waals surface area contributed by atoms with Crippen molar-refractivity contribution in [3.05, 3.63) is 0 Å². The molecule has 0 rings (SSSR count). The van der Waals surface area contributed by atoms with Crippen LogP contribution < -0.4 is 0 Å². The normalized spacial score (nSPS) is 16.4. The van der Waals surface area contributed by atoms with E-state index in [-0.39, 0.29) is 0 Å². The van der Waals surface area contributed by atoms with Gasteiger partial charge in [-0.25, -0.2) is 0 Å². The third-order valence-corrected chi connectivity index (χ3v) is 1.98. The van der Waals surface area contributed by atoms with Crippen LogP contribution in [0.15, 0.2) is 0 Å². The molecule has 0 aliphatic heterocycles. The van der Waals surface area contributed by atoms with Gasteiger partial charge in [-0.3, -0.25) is 0 Å². The zero-order chi connectivity index (χ0) is 8.74. The predicted octanol–water partition coefficient (Wildman–Crippen LogP) is 2.99. The van der Waals surface area contributed by atoms with Crippen molar-refractivity contribution in [3.63, 3.8) is 0 Å². The van der Waals surface area contributed by atoms with Crippen LogP contribution in [0.25, 0.3) is 0 Å². The lowest BCUT2D eigenvalue weighted by atomic mass is 10.1. The maximum atomic E-state index is 9.24. The van der Waals surface area contributed by atoms with Gasteiger partial charge in [0.2, 0.25) is 0 Å². The molecule has 0 aliphatic carbocycles. The average Bonchev–Trinajstić information content (AvgIpc) is 1.85. The van der Waals surface area contributed by atoms with Crippen LogP contribution in [0.1, 0.15) is 52.4 Å². The van der Waals surface area contributed by atoms with E-state index in [0.717, 1.165) is 12.8 Å². The molecule has 0 aromatic heterocycles. The van der Waals surface area contributed by atoms with E-state index in [1.54, 1.807) is 6.92 Å². The molecule has 0 spiro atoms. The van der Waals surface area contributed by atoms with Crippen molar-refractivity contribution < 1.29 is 5.11 Å². The Labute approximate surface area is 75.6 Å². The predicted molar refractivity (Wildman–Crippen MR) is 53.0 cm³/mol. The van der Waals surface area contributed by atoms with Gasteiger partial charge in [0.25, 0.3) is 0 Å². The Bertz CT molecular complexity index is 86.1. The van der Waals surface area contributed by atoms with Crippen LogP contribution in [-0.2, 0) is 0 Å². The van der Waals surface area contributed by atoms with E-state index in [9.17, 15) is 5.11 Å². The first-order valence-electron chi connectivity index (χ1n) is 4.51. The second-order valence-electron chi connectivity index (χ2n) is 3.38. The number of thiol groups is 1. The van der Waals surface area contributed by atoms with Crippen LogP contribution in [0.2, 0.25) is 0 Å². The molecule has 1 atom stereocenters. The Hall–Kier alpha value is 0.310. The van der Waals surface area contributed by atoms with Gasteiger partial charge < -0.3 is 5.11 Å². The van der Waals surface area contributed by atoms with Crippen molar-refractivity contribution >= 4 is 12.6 Å². The first kappa shape index (κ1) is 11.3. The van der Waals surface area contributed by atoms with Crippen molar-refractivity contribution in [3.8, 4) is 0 Å². The number of hydrogen-bond donors (Lipinski definition) is 2. The van der Waals surface area contributed by atoms with E-state index in [1.165, 1.54) is 25.7 Å². The summed E-state index contributed by atoms with van der Waals surface area (Å²) in [6.45, 7) is 3.95. The van der Waals surface area contributed by atoms with Gasteiger partial charge in [-0.2, -0.15) is 0 Å². The lowest BCUT2D eigenvalue weighted by Gasteiger charge is -2.14. The maximum Gasteiger partial charge on any atom is 0.104 e. The minimum Gasteiger partial charge on any atom is -0.380 e. The Morgan fingerprint density at radius 3 is 2.18 bits per heavy atom. The number of aliphatic hydroxyl groups is 1. The topological polar surface area (TPSA) is 20.2 Å². The molecule has 0 saturated carbocycles. The molecule has 68 valence electrons. The molecule has 11 heavy (non-hydrogen) atoms. The Morgan fingerprint density at radius 2 is 1.73 bits per heavy atom. The summed E-state index contributed by atoms with van der Waals surface area (Å²) in [5.41, 5.74) is 0. The highest BCUT2D eigenvalue weighted by Crippen LogP contribution is 2.18. The number of unbranched alkanes of at least 4 members (excludes halogenated alkanes) is 4. The molecule has 0 aromatic rings. The Balaban J connectivity index is 3.02. The van der Waals surface area contributed by atoms with Gasteiger partial charge in [0.15, 0.2) is 0 Å². The van der Waals surface area contributed by atoms with Gasteiger partial charge in [-0.1, -0.05) is 32.6 Å². The highest BCUT2D eigenvalue weighted by atomic mass is 32.1. The number of rotatable bonds is 6. The highest BCUT2D eigenvalue weighted by molar-refractivity contribution is 7.81. The molecule has 1 unspecified atom stereocenters. The summed E-state index contributed by atoms with van der Waals surface area (Å²) in [6.07, 6.45) is 7.01. The van der Waals surface area contributed by atoms with Crippen LogP contribution in [0.4, 0.5) is 0 Å². The molecule has 1 nitrogen and oxygen atoms in total. The molecule has 0 radical (unpaired) electrons. The fraction of sp³-hybridized carbons (Fsp3) is 1.00. The maximum absolute atomic E-state index is 9.24. The first-order valence-corrected chi connectivity index (χ1v) is 4.96. The lowest BCUT2D eigenvalue weighted by Crippen LogP contribution is -2.13. The summed E-state index contributed by atoms with van der Waals surface area (Å²) >= 11 is 4.04. The second kappa shape index (κ2) is 5.90. The lowest BCUT2D eigenvalue weighted by molar-refractivity contribution is 0.146. The van der Waals surface area contributed by atoms with Gasteiger partial charge in [-0.05, 0) is 19.8 Å². The van der Waals surface area contributed by atoms with Crippen molar-refractivity contribution in [1.82, 2.24) is 0 Å². The summed E-state index contributed by atoms with van der Waals surface area (Å²) in [5.74, 6) is 0. The molecule has 0 bridgehead atoms. The smallest absolute Gasteiger partial charge is 0.104 e. The highest BCUT2D eigenvalue weighted by Gasteiger charge is 2.11. The minimum atomic E-state index is -0.758. The molecular weight excluding hydrogens is 156 g/mol. The molecule has 0 amide bonds. The second-order valence-corrected chi connectivity index (χ2v) is 4.34.